The molecule has 0 aliphatic carbocycles. The van der Waals surface area contributed by atoms with Crippen LogP contribution in [0.4, 0.5) is 0 Å². The zero-order chi connectivity index (χ0) is 22.5. The first-order chi connectivity index (χ1) is 14.8. The molecule has 1 saturated heterocycles. The van der Waals surface area contributed by atoms with E-state index >= 15 is 0 Å². The van der Waals surface area contributed by atoms with Crippen molar-refractivity contribution in [2.24, 2.45) is 29.4 Å². The van der Waals surface area contributed by atoms with E-state index in [2.05, 4.69) is 56.9 Å². The Balaban J connectivity index is 1.80. The number of aromatic nitrogens is 1. The van der Waals surface area contributed by atoms with Gasteiger partial charge in [0.15, 0.2) is 0 Å². The number of carbonyl (C=O) groups is 1. The third-order valence-corrected chi connectivity index (χ3v) is 7.13. The molecule has 0 bridgehead atoms. The summed E-state index contributed by atoms with van der Waals surface area (Å²) < 4.78 is 11.1. The molecule has 1 fully saturated rings. The lowest BCUT2D eigenvalue weighted by Crippen LogP contribution is -2.38. The molecular formula is C26H40N2O3. The van der Waals surface area contributed by atoms with Crippen LogP contribution in [0.2, 0.25) is 0 Å². The summed E-state index contributed by atoms with van der Waals surface area (Å²) in [7, 11) is 1.76. The molecule has 1 aromatic carbocycles. The minimum absolute atomic E-state index is 0.0265. The standard InChI is InChI=1S/C26H40N2O3/c1-16(2)21(14-23(27)25-15-22(17(3)4)26(29)31-25)20(7-6-12-30-5)19-9-8-18-10-11-28-24(18)13-19/h8-11,13,16-17,20-23,25,28H,6-7,12,14-15,27H2,1-5H3. The first-order valence-electron chi connectivity index (χ1n) is 11.8. The normalized spacial score (nSPS) is 22.3. The lowest BCUT2D eigenvalue weighted by atomic mass is 9.73. The van der Waals surface area contributed by atoms with Gasteiger partial charge in [-0.25, -0.2) is 0 Å². The summed E-state index contributed by atoms with van der Waals surface area (Å²) in [6.45, 7) is 9.49. The number of esters is 1. The summed E-state index contributed by atoms with van der Waals surface area (Å²) in [6, 6.07) is 8.72. The van der Waals surface area contributed by atoms with Crippen LogP contribution in [-0.2, 0) is 14.3 Å². The van der Waals surface area contributed by atoms with Gasteiger partial charge in [-0.05, 0) is 72.4 Å². The zero-order valence-electron chi connectivity index (χ0n) is 19.8. The van der Waals surface area contributed by atoms with Gasteiger partial charge in [0.25, 0.3) is 0 Å². The van der Waals surface area contributed by atoms with E-state index in [1.165, 1.54) is 16.5 Å². The Morgan fingerprint density at radius 1 is 1.23 bits per heavy atom. The molecule has 5 atom stereocenters. The number of H-pyrrole nitrogens is 1. The average Bonchev–Trinajstić information content (AvgIpc) is 3.35. The zero-order valence-corrected chi connectivity index (χ0v) is 19.8. The maximum Gasteiger partial charge on any atom is 0.309 e. The van der Waals surface area contributed by atoms with Crippen molar-refractivity contribution in [1.82, 2.24) is 4.98 Å². The Hall–Kier alpha value is -1.85. The van der Waals surface area contributed by atoms with Gasteiger partial charge in [0.05, 0.1) is 5.92 Å². The van der Waals surface area contributed by atoms with Gasteiger partial charge in [-0.15, -0.1) is 0 Å². The predicted octanol–water partition coefficient (Wildman–Crippen LogP) is 5.26. The molecule has 31 heavy (non-hydrogen) atoms. The van der Waals surface area contributed by atoms with Gasteiger partial charge in [0.2, 0.25) is 0 Å². The number of carbonyl (C=O) groups excluding carboxylic acids is 1. The molecule has 0 radical (unpaired) electrons. The Bertz CT molecular complexity index is 844. The molecule has 0 saturated carbocycles. The largest absolute Gasteiger partial charge is 0.460 e. The average molecular weight is 429 g/mol. The van der Waals surface area contributed by atoms with Gasteiger partial charge < -0.3 is 20.2 Å². The van der Waals surface area contributed by atoms with Gasteiger partial charge in [0, 0.05) is 31.5 Å². The summed E-state index contributed by atoms with van der Waals surface area (Å²) in [5, 5.41) is 1.23. The summed E-state index contributed by atoms with van der Waals surface area (Å²) in [5.74, 6) is 1.44. The number of benzene rings is 1. The van der Waals surface area contributed by atoms with Gasteiger partial charge in [-0.1, -0.05) is 39.8 Å². The Morgan fingerprint density at radius 3 is 2.65 bits per heavy atom. The van der Waals surface area contributed by atoms with Crippen molar-refractivity contribution in [2.75, 3.05) is 13.7 Å². The number of cyclic esters (lactones) is 1. The number of rotatable bonds is 11. The summed E-state index contributed by atoms with van der Waals surface area (Å²) in [6.07, 6.45) is 5.47. The molecule has 2 aromatic rings. The van der Waals surface area contributed by atoms with E-state index in [-0.39, 0.29) is 24.0 Å². The first-order valence-corrected chi connectivity index (χ1v) is 11.8. The topological polar surface area (TPSA) is 77.3 Å². The van der Waals surface area contributed by atoms with E-state index in [0.717, 1.165) is 32.3 Å². The minimum Gasteiger partial charge on any atom is -0.460 e. The molecule has 5 unspecified atom stereocenters. The monoisotopic (exact) mass is 428 g/mol. The second kappa shape index (κ2) is 10.6. The van der Waals surface area contributed by atoms with Crippen LogP contribution in [0, 0.1) is 23.7 Å². The molecule has 5 heteroatoms. The Kier molecular flexibility index (Phi) is 8.17. The molecule has 5 nitrogen and oxygen atoms in total. The smallest absolute Gasteiger partial charge is 0.309 e. The molecule has 3 N–H and O–H groups in total. The third-order valence-electron chi connectivity index (χ3n) is 7.13. The fourth-order valence-electron chi connectivity index (χ4n) is 5.18. The van der Waals surface area contributed by atoms with Gasteiger partial charge in [-0.2, -0.15) is 0 Å². The number of hydrogen-bond acceptors (Lipinski definition) is 4. The van der Waals surface area contributed by atoms with Crippen molar-refractivity contribution >= 4 is 16.9 Å². The highest BCUT2D eigenvalue weighted by Crippen LogP contribution is 2.40. The van der Waals surface area contributed by atoms with E-state index in [1.807, 2.05) is 6.20 Å². The summed E-state index contributed by atoms with van der Waals surface area (Å²) in [5.41, 5.74) is 9.20. The number of nitrogens with two attached hydrogens (primary N) is 1. The number of fused-ring (bicyclic) bond motifs is 1. The van der Waals surface area contributed by atoms with Crippen LogP contribution in [-0.4, -0.2) is 36.8 Å². The van der Waals surface area contributed by atoms with Crippen molar-refractivity contribution in [3.63, 3.8) is 0 Å². The van der Waals surface area contributed by atoms with E-state index in [9.17, 15) is 4.79 Å². The maximum absolute atomic E-state index is 12.3. The molecular weight excluding hydrogens is 388 g/mol. The highest BCUT2D eigenvalue weighted by atomic mass is 16.6. The Labute approximate surface area is 187 Å². The lowest BCUT2D eigenvalue weighted by molar-refractivity contribution is -0.146. The molecule has 3 rings (SSSR count). The van der Waals surface area contributed by atoms with Crippen molar-refractivity contribution in [2.45, 2.75) is 71.4 Å². The van der Waals surface area contributed by atoms with Gasteiger partial charge in [0.1, 0.15) is 6.10 Å². The van der Waals surface area contributed by atoms with Gasteiger partial charge >= 0.3 is 5.97 Å². The van der Waals surface area contributed by atoms with E-state index in [1.54, 1.807) is 7.11 Å². The van der Waals surface area contributed by atoms with Crippen LogP contribution in [0.3, 0.4) is 0 Å². The predicted molar refractivity (Wildman–Crippen MR) is 126 cm³/mol. The third kappa shape index (κ3) is 5.69. The van der Waals surface area contributed by atoms with Gasteiger partial charge in [-0.3, -0.25) is 4.79 Å². The van der Waals surface area contributed by atoms with Crippen LogP contribution in [0.1, 0.15) is 64.9 Å². The van der Waals surface area contributed by atoms with Crippen LogP contribution < -0.4 is 5.73 Å². The Morgan fingerprint density at radius 2 is 2.00 bits per heavy atom. The van der Waals surface area contributed by atoms with Crippen molar-refractivity contribution in [1.29, 1.82) is 0 Å². The number of aromatic amines is 1. The van der Waals surface area contributed by atoms with Crippen LogP contribution in [0.25, 0.3) is 10.9 Å². The second-order valence-corrected chi connectivity index (χ2v) is 9.93. The van der Waals surface area contributed by atoms with E-state index in [0.29, 0.717) is 23.7 Å². The van der Waals surface area contributed by atoms with Crippen molar-refractivity contribution in [3.8, 4) is 0 Å². The lowest BCUT2D eigenvalue weighted by Gasteiger charge is -2.34. The molecule has 172 valence electrons. The fourth-order valence-corrected chi connectivity index (χ4v) is 5.18. The number of nitrogens with one attached hydrogen (secondary N) is 1. The molecule has 1 aliphatic heterocycles. The number of ether oxygens (including phenoxy) is 2. The van der Waals surface area contributed by atoms with Crippen LogP contribution in [0.5, 0.6) is 0 Å². The van der Waals surface area contributed by atoms with E-state index in [4.69, 9.17) is 15.2 Å². The molecule has 1 aliphatic rings. The minimum atomic E-state index is -0.174. The number of hydrogen-bond donors (Lipinski definition) is 2. The van der Waals surface area contributed by atoms with Crippen LogP contribution in [0.15, 0.2) is 30.5 Å². The number of methoxy groups -OCH3 is 1. The summed E-state index contributed by atoms with van der Waals surface area (Å²) >= 11 is 0. The van der Waals surface area contributed by atoms with Crippen molar-refractivity contribution < 1.29 is 14.3 Å². The second-order valence-electron chi connectivity index (χ2n) is 9.93. The molecule has 1 aromatic heterocycles. The summed E-state index contributed by atoms with van der Waals surface area (Å²) in [4.78, 5) is 15.6. The maximum atomic E-state index is 12.3. The van der Waals surface area contributed by atoms with Crippen LogP contribution >= 0.6 is 0 Å². The highest BCUT2D eigenvalue weighted by molar-refractivity contribution is 5.80. The quantitative estimate of drug-likeness (QED) is 0.378. The SMILES string of the molecule is COCCCC(c1ccc2cc[nH]c2c1)C(CC(N)C1CC(C(C)C)C(=O)O1)C(C)C. The first kappa shape index (κ1) is 23.8. The van der Waals surface area contributed by atoms with E-state index < -0.39 is 0 Å². The molecule has 2 heterocycles. The molecule has 0 amide bonds. The highest BCUT2D eigenvalue weighted by Gasteiger charge is 2.40. The van der Waals surface area contributed by atoms with Crippen molar-refractivity contribution in [3.05, 3.63) is 36.0 Å². The fraction of sp³-hybridized carbons (Fsp3) is 0.654. The molecule has 0 spiro atoms.